The summed E-state index contributed by atoms with van der Waals surface area (Å²) in [5.41, 5.74) is 31.4. The summed E-state index contributed by atoms with van der Waals surface area (Å²) in [7, 11) is 0. The highest BCUT2D eigenvalue weighted by atomic mass is 32.1. The van der Waals surface area contributed by atoms with Gasteiger partial charge in [-0.15, -0.1) is 22.7 Å². The molecule has 9 nitrogen and oxygen atoms in total. The van der Waals surface area contributed by atoms with E-state index in [0.29, 0.717) is 11.9 Å². The molecular weight excluding hydrogens is 1670 g/mol. The average molecular weight is 1750 g/mol. The van der Waals surface area contributed by atoms with E-state index in [2.05, 4.69) is 440 Å². The Labute approximate surface area is 781 Å². The molecule has 0 bridgehead atoms. The first-order valence-corrected chi connectivity index (χ1v) is 47.0. The minimum Gasteiger partial charge on any atom is -0.309 e. The molecule has 27 rings (SSSR count). The van der Waals surface area contributed by atoms with E-state index < -0.39 is 0 Å². The van der Waals surface area contributed by atoms with Gasteiger partial charge in [-0.1, -0.05) is 372 Å². The van der Waals surface area contributed by atoms with E-state index >= 15 is 0 Å². The standard InChI is InChI=1S/C43H31N3.2C40H25N3S/c1-43(2)37-14-8-6-12-33(37)35-26-36-34-13-7-9-15-40(34)46(41(36)27-38(35)43)42-44-25-24-39(45-42)32-22-20-31(21-23-32)30-18-16-29(17-19-30)28-10-4-3-5-11-28;1-4-13-26(14-5-1)34-25-35(27-15-6-2-7-16-27)42-40(41-34)31-21-12-20-30-33-23-37-32(24-38(33)44-39(30)31)29-19-10-11-22-36(29)43(37)28-17-8-3-9-18-28;1-3-11-26(12-4-1)27-19-21-29(22-20-27)34-25-33(28-13-5-2-6-14-28)41-40(42-34)43-35-17-9-7-16-32(35)38-36(43)24-23-31-30-15-8-10-18-37(30)44-39(31)38/h3-27H,1-2H3;2*1-25H. The lowest BCUT2D eigenvalue weighted by Gasteiger charge is -2.21. The van der Waals surface area contributed by atoms with Crippen LogP contribution in [0, 0.1) is 0 Å². The van der Waals surface area contributed by atoms with Gasteiger partial charge in [-0.3, -0.25) is 9.13 Å². The summed E-state index contributed by atoms with van der Waals surface area (Å²) in [5, 5.41) is 12.5. The second-order valence-electron chi connectivity index (χ2n) is 34.8. The van der Waals surface area contributed by atoms with Gasteiger partial charge < -0.3 is 4.57 Å². The molecule has 0 amide bonds. The molecule has 26 aromatic rings. The van der Waals surface area contributed by atoms with Gasteiger partial charge in [-0.05, 0) is 147 Å². The van der Waals surface area contributed by atoms with Gasteiger partial charge in [0.25, 0.3) is 0 Å². The average Bonchev–Trinajstić information content (AvgIpc) is 1.55. The summed E-state index contributed by atoms with van der Waals surface area (Å²) >= 11 is 3.69. The monoisotopic (exact) mass is 1750 g/mol. The van der Waals surface area contributed by atoms with Gasteiger partial charge in [-0.2, -0.15) is 0 Å². The topological polar surface area (TPSA) is 92.1 Å². The van der Waals surface area contributed by atoms with E-state index in [1.54, 1.807) is 0 Å². The summed E-state index contributed by atoms with van der Waals surface area (Å²) in [6.07, 6.45) is 1.88. The van der Waals surface area contributed by atoms with Crippen molar-refractivity contribution in [2.45, 2.75) is 19.3 Å². The van der Waals surface area contributed by atoms with Crippen molar-refractivity contribution in [2.24, 2.45) is 0 Å². The van der Waals surface area contributed by atoms with Crippen molar-refractivity contribution in [3.8, 4) is 130 Å². The summed E-state index contributed by atoms with van der Waals surface area (Å²) in [4.78, 5) is 30.8. The lowest BCUT2D eigenvalue weighted by Crippen LogP contribution is -2.15. The minimum atomic E-state index is -0.0896. The molecule has 8 heterocycles. The Morgan fingerprint density at radius 2 is 0.619 bits per heavy atom. The first kappa shape index (κ1) is 79.2. The predicted molar refractivity (Wildman–Crippen MR) is 561 cm³/mol. The maximum absolute atomic E-state index is 5.25. The summed E-state index contributed by atoms with van der Waals surface area (Å²) in [6, 6.07) is 159. The Bertz CT molecular complexity index is 8980. The number of hydrogen-bond donors (Lipinski definition) is 0. The number of thiophene rings is 2. The van der Waals surface area contributed by atoms with Crippen LogP contribution in [0.2, 0.25) is 0 Å². The quantitative estimate of drug-likeness (QED) is 0.121. The fourth-order valence-electron chi connectivity index (χ4n) is 20.0. The molecule has 11 heteroatoms. The van der Waals surface area contributed by atoms with Gasteiger partial charge in [0.05, 0.1) is 61.6 Å². The zero-order valence-corrected chi connectivity index (χ0v) is 74.8. The molecule has 0 saturated heterocycles. The Balaban J connectivity index is 0.000000108. The number of nitrogens with zero attached hydrogens (tertiary/aromatic N) is 9. The molecule has 0 saturated carbocycles. The van der Waals surface area contributed by atoms with Crippen molar-refractivity contribution >= 4 is 128 Å². The molecule has 134 heavy (non-hydrogen) atoms. The predicted octanol–water partition coefficient (Wildman–Crippen LogP) is 32.8. The third kappa shape index (κ3) is 13.8. The first-order valence-electron chi connectivity index (χ1n) is 45.4. The van der Waals surface area contributed by atoms with Gasteiger partial charge in [0.1, 0.15) is 0 Å². The molecular formula is C123H81N9S2. The van der Waals surface area contributed by atoms with Crippen LogP contribution < -0.4 is 0 Å². The highest BCUT2D eigenvalue weighted by Gasteiger charge is 2.37. The highest BCUT2D eigenvalue weighted by Crippen LogP contribution is 2.52. The largest absolute Gasteiger partial charge is 0.309 e. The molecule has 0 unspecified atom stereocenters. The van der Waals surface area contributed by atoms with Crippen molar-refractivity contribution in [3.05, 3.63) is 466 Å². The fourth-order valence-corrected chi connectivity index (χ4v) is 22.5. The molecule has 0 spiro atoms. The Morgan fingerprint density at radius 1 is 0.216 bits per heavy atom. The van der Waals surface area contributed by atoms with E-state index in [9.17, 15) is 0 Å². The molecule has 0 N–H and O–H groups in total. The second kappa shape index (κ2) is 32.9. The van der Waals surface area contributed by atoms with E-state index in [-0.39, 0.29) is 5.41 Å². The van der Waals surface area contributed by atoms with Gasteiger partial charge in [0.15, 0.2) is 5.82 Å². The molecule has 8 aromatic heterocycles. The number of aromatic nitrogens is 9. The van der Waals surface area contributed by atoms with Crippen LogP contribution in [-0.2, 0) is 5.41 Å². The van der Waals surface area contributed by atoms with Crippen LogP contribution in [0.25, 0.3) is 236 Å². The van der Waals surface area contributed by atoms with Crippen LogP contribution >= 0.6 is 22.7 Å². The molecule has 1 aliphatic rings. The number of para-hydroxylation sites is 4. The third-order valence-corrected chi connectivity index (χ3v) is 29.0. The fraction of sp³-hybridized carbons (Fsp3) is 0.0244. The molecule has 18 aromatic carbocycles. The van der Waals surface area contributed by atoms with Crippen molar-refractivity contribution < 1.29 is 0 Å². The van der Waals surface area contributed by atoms with Crippen molar-refractivity contribution in [1.29, 1.82) is 0 Å². The molecule has 0 radical (unpaired) electrons. The number of rotatable bonds is 12. The van der Waals surface area contributed by atoms with Crippen LogP contribution in [0.5, 0.6) is 0 Å². The SMILES string of the molecule is CC1(C)c2ccccc2-c2cc3c4ccccc4n(-c4nccc(-c5ccc(-c6ccc(-c7ccccc7)cc6)cc5)n4)c3cc21.c1ccc(-c2cc(-c3ccccc3)nc(-c3cccc4c3sc3cc5c6ccccc6n(-c6ccccc6)c5cc34)n2)cc1.c1ccc(-c2ccc(-c3cc(-c4ccccc4)nc(-n4c5ccccc5c5c6sc7ccccc7c6ccc54)n3)cc2)cc1. The second-order valence-corrected chi connectivity index (χ2v) is 36.9. The van der Waals surface area contributed by atoms with Gasteiger partial charge in [0.2, 0.25) is 11.9 Å². The summed E-state index contributed by atoms with van der Waals surface area (Å²) in [5.74, 6) is 2.09. The van der Waals surface area contributed by atoms with Crippen LogP contribution in [0.4, 0.5) is 0 Å². The maximum atomic E-state index is 5.25. The third-order valence-electron chi connectivity index (χ3n) is 26.6. The lowest BCUT2D eigenvalue weighted by atomic mass is 9.82. The van der Waals surface area contributed by atoms with Gasteiger partial charge in [-0.25, -0.2) is 29.9 Å². The van der Waals surface area contributed by atoms with Gasteiger partial charge in [0, 0.05) is 123 Å². The summed E-state index contributed by atoms with van der Waals surface area (Å²) in [6.45, 7) is 4.66. The first-order chi connectivity index (χ1) is 66.2. The number of hydrogen-bond acceptors (Lipinski definition) is 8. The van der Waals surface area contributed by atoms with E-state index in [0.717, 1.165) is 95.4 Å². The van der Waals surface area contributed by atoms with Crippen molar-refractivity contribution in [1.82, 2.24) is 43.6 Å². The zero-order valence-electron chi connectivity index (χ0n) is 73.1. The summed E-state index contributed by atoms with van der Waals surface area (Å²) < 4.78 is 11.9. The Morgan fingerprint density at radius 3 is 1.20 bits per heavy atom. The van der Waals surface area contributed by atoms with Crippen molar-refractivity contribution in [2.75, 3.05) is 0 Å². The Hall–Kier alpha value is -17.0. The highest BCUT2D eigenvalue weighted by molar-refractivity contribution is 7.27. The number of fused-ring (bicyclic) bond motifs is 19. The van der Waals surface area contributed by atoms with Crippen LogP contribution in [0.1, 0.15) is 25.0 Å². The Kier molecular flexibility index (Phi) is 19.5. The maximum Gasteiger partial charge on any atom is 0.235 e. The number of benzene rings is 18. The zero-order chi connectivity index (χ0) is 88.9. The van der Waals surface area contributed by atoms with E-state index in [1.807, 2.05) is 65.3 Å². The van der Waals surface area contributed by atoms with Crippen LogP contribution in [-0.4, -0.2) is 43.6 Å². The molecule has 0 atom stereocenters. The normalized spacial score (nSPS) is 12.2. The lowest BCUT2D eigenvalue weighted by molar-refractivity contribution is 0.661. The molecule has 0 aliphatic heterocycles. The van der Waals surface area contributed by atoms with Crippen molar-refractivity contribution in [3.63, 3.8) is 0 Å². The van der Waals surface area contributed by atoms with E-state index in [4.69, 9.17) is 29.9 Å². The van der Waals surface area contributed by atoms with E-state index in [1.165, 1.54) is 139 Å². The van der Waals surface area contributed by atoms with Crippen LogP contribution in [0.15, 0.2) is 455 Å². The van der Waals surface area contributed by atoms with Crippen LogP contribution in [0.3, 0.4) is 0 Å². The van der Waals surface area contributed by atoms with Gasteiger partial charge >= 0.3 is 0 Å². The molecule has 0 fully saturated rings. The molecule has 630 valence electrons. The smallest absolute Gasteiger partial charge is 0.235 e. The molecule has 1 aliphatic carbocycles. The minimum absolute atomic E-state index is 0.0896.